The Hall–Kier alpha value is -2.05. The molecule has 7 heteroatoms. The number of rotatable bonds is 5. The summed E-state index contributed by atoms with van der Waals surface area (Å²) in [7, 11) is 1.79. The number of hydrogen-bond donors (Lipinski definition) is 2. The topological polar surface area (TPSA) is 65.7 Å². The number of aromatic nitrogens is 1. The zero-order chi connectivity index (χ0) is 17.5. The fourth-order valence-electron chi connectivity index (χ4n) is 2.97. The Morgan fingerprint density at radius 2 is 2.04 bits per heavy atom. The molecule has 2 N–H and O–H groups in total. The minimum absolute atomic E-state index is 0.435. The molecule has 1 saturated heterocycles. The second-order valence-corrected chi connectivity index (χ2v) is 6.67. The van der Waals surface area contributed by atoms with Crippen LogP contribution in [-0.4, -0.2) is 42.2 Å². The van der Waals surface area contributed by atoms with Gasteiger partial charge >= 0.3 is 0 Å². The summed E-state index contributed by atoms with van der Waals surface area (Å²) in [5.74, 6) is 0.805. The molecule has 1 fully saturated rings. The van der Waals surface area contributed by atoms with Gasteiger partial charge in [0.2, 0.25) is 0 Å². The number of piperidine rings is 1. The molecule has 3 rings (SSSR count). The Labute approximate surface area is 153 Å². The lowest BCUT2D eigenvalue weighted by Crippen LogP contribution is -2.48. The van der Waals surface area contributed by atoms with Crippen molar-refractivity contribution in [2.45, 2.75) is 32.0 Å². The molecule has 6 nitrogen and oxygen atoms in total. The van der Waals surface area contributed by atoms with Crippen LogP contribution in [0.1, 0.15) is 24.1 Å². The number of halogens is 1. The summed E-state index contributed by atoms with van der Waals surface area (Å²) in [6.07, 6.45) is 3.76. The normalized spacial score (nSPS) is 16.8. The minimum atomic E-state index is 0.435. The molecule has 134 valence electrons. The van der Waals surface area contributed by atoms with E-state index in [0.29, 0.717) is 12.6 Å². The second kappa shape index (κ2) is 8.87. The molecule has 0 radical (unpaired) electrons. The molecule has 1 aliphatic heterocycles. The maximum absolute atomic E-state index is 5.95. The summed E-state index contributed by atoms with van der Waals surface area (Å²) < 4.78 is 4.83. The fourth-order valence-corrected chi connectivity index (χ4v) is 3.10. The van der Waals surface area contributed by atoms with Gasteiger partial charge in [0.15, 0.2) is 5.96 Å². The minimum Gasteiger partial charge on any atom is -0.364 e. The predicted octanol–water partition coefficient (Wildman–Crippen LogP) is 2.66. The van der Waals surface area contributed by atoms with E-state index in [4.69, 9.17) is 16.1 Å². The highest BCUT2D eigenvalue weighted by molar-refractivity contribution is 6.30. The fraction of sp³-hybridized carbons (Fsp3) is 0.444. The van der Waals surface area contributed by atoms with Crippen molar-refractivity contribution in [1.82, 2.24) is 20.7 Å². The van der Waals surface area contributed by atoms with Crippen molar-refractivity contribution < 1.29 is 4.52 Å². The number of benzene rings is 1. The van der Waals surface area contributed by atoms with Crippen LogP contribution in [0, 0.1) is 0 Å². The lowest BCUT2D eigenvalue weighted by molar-refractivity contribution is 0.198. The molecule has 0 amide bonds. The smallest absolute Gasteiger partial charge is 0.191 e. The molecule has 0 spiro atoms. The summed E-state index contributed by atoms with van der Waals surface area (Å²) in [6, 6.07) is 10.4. The van der Waals surface area contributed by atoms with E-state index in [1.165, 1.54) is 5.56 Å². The van der Waals surface area contributed by atoms with Gasteiger partial charge in [-0.2, -0.15) is 0 Å². The molecular weight excluding hydrogens is 338 g/mol. The molecule has 0 saturated carbocycles. The largest absolute Gasteiger partial charge is 0.364 e. The van der Waals surface area contributed by atoms with E-state index in [0.717, 1.165) is 49.2 Å². The molecule has 0 atom stereocenters. The van der Waals surface area contributed by atoms with Crippen LogP contribution in [0.15, 0.2) is 46.1 Å². The summed E-state index contributed by atoms with van der Waals surface area (Å²) >= 11 is 5.95. The van der Waals surface area contributed by atoms with Gasteiger partial charge in [-0.3, -0.25) is 9.89 Å². The van der Waals surface area contributed by atoms with Crippen LogP contribution < -0.4 is 10.6 Å². The van der Waals surface area contributed by atoms with Gasteiger partial charge in [0.1, 0.15) is 12.0 Å². The van der Waals surface area contributed by atoms with Crippen molar-refractivity contribution in [2.75, 3.05) is 20.1 Å². The summed E-state index contributed by atoms with van der Waals surface area (Å²) in [6.45, 7) is 3.72. The average molecular weight is 362 g/mol. The van der Waals surface area contributed by atoms with E-state index in [2.05, 4.69) is 37.8 Å². The monoisotopic (exact) mass is 361 g/mol. The van der Waals surface area contributed by atoms with Gasteiger partial charge in [-0.15, -0.1) is 0 Å². The van der Waals surface area contributed by atoms with E-state index in [1.807, 2.05) is 18.2 Å². The van der Waals surface area contributed by atoms with Crippen LogP contribution in [-0.2, 0) is 13.1 Å². The van der Waals surface area contributed by atoms with Crippen LogP contribution in [0.5, 0.6) is 0 Å². The number of aliphatic imine (C=N–C) groups is 1. The van der Waals surface area contributed by atoms with E-state index >= 15 is 0 Å². The quantitative estimate of drug-likeness (QED) is 0.633. The van der Waals surface area contributed by atoms with Crippen molar-refractivity contribution in [2.24, 2.45) is 4.99 Å². The third kappa shape index (κ3) is 5.47. The lowest BCUT2D eigenvalue weighted by Gasteiger charge is -2.33. The third-order valence-corrected chi connectivity index (χ3v) is 4.65. The second-order valence-electron chi connectivity index (χ2n) is 6.24. The van der Waals surface area contributed by atoms with Crippen LogP contribution in [0.3, 0.4) is 0 Å². The van der Waals surface area contributed by atoms with Crippen molar-refractivity contribution >= 4 is 17.6 Å². The zero-order valence-electron chi connectivity index (χ0n) is 14.4. The van der Waals surface area contributed by atoms with Crippen LogP contribution in [0.2, 0.25) is 5.02 Å². The van der Waals surface area contributed by atoms with Gasteiger partial charge in [-0.25, -0.2) is 0 Å². The Morgan fingerprint density at radius 1 is 1.28 bits per heavy atom. The van der Waals surface area contributed by atoms with Gasteiger partial charge in [0, 0.05) is 43.8 Å². The van der Waals surface area contributed by atoms with Crippen molar-refractivity contribution in [3.63, 3.8) is 0 Å². The molecular formula is C18H24ClN5O. The number of hydrogen-bond acceptors (Lipinski definition) is 4. The lowest BCUT2D eigenvalue weighted by atomic mass is 10.0. The Balaban J connectivity index is 1.41. The number of nitrogens with zero attached hydrogens (tertiary/aromatic N) is 3. The molecule has 2 aromatic rings. The molecule has 0 bridgehead atoms. The Kier molecular flexibility index (Phi) is 6.30. The zero-order valence-corrected chi connectivity index (χ0v) is 15.2. The highest BCUT2D eigenvalue weighted by atomic mass is 35.5. The first-order valence-corrected chi connectivity index (χ1v) is 8.94. The molecule has 1 aliphatic rings. The highest BCUT2D eigenvalue weighted by Crippen LogP contribution is 2.16. The van der Waals surface area contributed by atoms with Gasteiger partial charge < -0.3 is 15.2 Å². The van der Waals surface area contributed by atoms with E-state index in [9.17, 15) is 0 Å². The standard InChI is InChI=1S/C18H24ClN5O/c1-20-18(21-12-17-8-11-25-23-17)22-16-6-9-24(10-7-16)13-14-2-4-15(19)5-3-14/h2-5,8,11,16H,6-7,9-10,12-13H2,1H3,(H2,20,21,22). The average Bonchev–Trinajstić information content (AvgIpc) is 3.15. The molecule has 2 heterocycles. The van der Waals surface area contributed by atoms with Gasteiger partial charge in [0.05, 0.1) is 6.54 Å². The molecule has 1 aromatic carbocycles. The summed E-state index contributed by atoms with van der Waals surface area (Å²) in [5.41, 5.74) is 2.17. The Bertz CT molecular complexity index is 663. The number of guanidine groups is 1. The van der Waals surface area contributed by atoms with E-state index in [1.54, 1.807) is 13.3 Å². The van der Waals surface area contributed by atoms with Crippen LogP contribution in [0.25, 0.3) is 0 Å². The summed E-state index contributed by atoms with van der Waals surface area (Å²) in [4.78, 5) is 6.77. The predicted molar refractivity (Wildman–Crippen MR) is 99.6 cm³/mol. The number of nitrogens with one attached hydrogen (secondary N) is 2. The van der Waals surface area contributed by atoms with Gasteiger partial charge in [-0.05, 0) is 30.5 Å². The third-order valence-electron chi connectivity index (χ3n) is 4.40. The van der Waals surface area contributed by atoms with Crippen molar-refractivity contribution in [1.29, 1.82) is 0 Å². The van der Waals surface area contributed by atoms with Crippen molar-refractivity contribution in [3.8, 4) is 0 Å². The first-order chi connectivity index (χ1) is 12.2. The maximum Gasteiger partial charge on any atom is 0.191 e. The molecule has 1 aromatic heterocycles. The van der Waals surface area contributed by atoms with E-state index < -0.39 is 0 Å². The first kappa shape index (κ1) is 17.8. The molecule has 0 aliphatic carbocycles. The maximum atomic E-state index is 5.95. The Morgan fingerprint density at radius 3 is 2.68 bits per heavy atom. The number of likely N-dealkylation sites (tertiary alicyclic amines) is 1. The van der Waals surface area contributed by atoms with Crippen LogP contribution >= 0.6 is 11.6 Å². The van der Waals surface area contributed by atoms with Gasteiger partial charge in [-0.1, -0.05) is 28.9 Å². The molecule has 25 heavy (non-hydrogen) atoms. The first-order valence-electron chi connectivity index (χ1n) is 8.56. The SMILES string of the molecule is CN=C(NCc1ccon1)NC1CCN(Cc2ccc(Cl)cc2)CC1. The van der Waals surface area contributed by atoms with E-state index in [-0.39, 0.29) is 0 Å². The highest BCUT2D eigenvalue weighted by Gasteiger charge is 2.20. The van der Waals surface area contributed by atoms with Gasteiger partial charge in [0.25, 0.3) is 0 Å². The summed E-state index contributed by atoms with van der Waals surface area (Å²) in [5, 5.41) is 11.4. The van der Waals surface area contributed by atoms with Crippen molar-refractivity contribution in [3.05, 3.63) is 52.9 Å². The molecule has 0 unspecified atom stereocenters. The van der Waals surface area contributed by atoms with Crippen LogP contribution in [0.4, 0.5) is 0 Å².